The number of hydrogen-bond acceptors (Lipinski definition) is 1. The Balaban J connectivity index is 2.91. The van der Waals surface area contributed by atoms with Crippen LogP contribution in [0.3, 0.4) is 0 Å². The normalized spacial score (nSPS) is 10.1. The van der Waals surface area contributed by atoms with Gasteiger partial charge in [0.05, 0.1) is 0 Å². The van der Waals surface area contributed by atoms with E-state index in [1.807, 2.05) is 30.7 Å². The molecular weight excluding hydrogens is 232 g/mol. The van der Waals surface area contributed by atoms with Crippen molar-refractivity contribution in [1.29, 1.82) is 0 Å². The summed E-state index contributed by atoms with van der Waals surface area (Å²) in [7, 11) is 0. The van der Waals surface area contributed by atoms with Crippen molar-refractivity contribution in [2.45, 2.75) is 20.4 Å². The van der Waals surface area contributed by atoms with Crippen LogP contribution in [0.1, 0.15) is 24.3 Å². The van der Waals surface area contributed by atoms with Crippen LogP contribution in [0.5, 0.6) is 0 Å². The minimum Gasteiger partial charge on any atom is -0.351 e. The van der Waals surface area contributed by atoms with Crippen molar-refractivity contribution in [2.24, 2.45) is 0 Å². The molecule has 4 heteroatoms. The molecule has 13 heavy (non-hydrogen) atoms. The van der Waals surface area contributed by atoms with Gasteiger partial charge in [-0.25, -0.2) is 0 Å². The van der Waals surface area contributed by atoms with Crippen LogP contribution in [-0.2, 0) is 6.54 Å². The van der Waals surface area contributed by atoms with E-state index in [9.17, 15) is 4.79 Å². The largest absolute Gasteiger partial charge is 0.351 e. The molecule has 1 amide bonds. The van der Waals surface area contributed by atoms with E-state index in [1.165, 1.54) is 0 Å². The molecule has 0 spiro atoms. The van der Waals surface area contributed by atoms with Gasteiger partial charge in [0.25, 0.3) is 5.91 Å². The molecule has 1 N–H and O–H groups in total. The standard InChI is InChI=1S/C9H13BrN2O/c1-3-11-9(13)8-5-7(10)6-12(8)4-2/h5-6H,3-4H2,1-2H3,(H,11,13). The van der Waals surface area contributed by atoms with E-state index in [1.54, 1.807) is 0 Å². The number of nitrogens with one attached hydrogen (secondary N) is 1. The SMILES string of the molecule is CCNC(=O)c1cc(Br)cn1CC. The lowest BCUT2D eigenvalue weighted by atomic mass is 10.4. The van der Waals surface area contributed by atoms with Crippen molar-refractivity contribution in [3.05, 3.63) is 22.4 Å². The van der Waals surface area contributed by atoms with Gasteiger partial charge < -0.3 is 9.88 Å². The predicted molar refractivity (Wildman–Crippen MR) is 55.8 cm³/mol. The van der Waals surface area contributed by atoms with Crippen molar-refractivity contribution < 1.29 is 4.79 Å². The zero-order valence-electron chi connectivity index (χ0n) is 7.80. The minimum absolute atomic E-state index is 0.0185. The summed E-state index contributed by atoms with van der Waals surface area (Å²) in [5.41, 5.74) is 0.705. The molecule has 0 aromatic carbocycles. The van der Waals surface area contributed by atoms with Crippen LogP contribution in [0.4, 0.5) is 0 Å². The number of rotatable bonds is 3. The Hall–Kier alpha value is -0.770. The molecule has 0 aliphatic rings. The second kappa shape index (κ2) is 4.46. The zero-order chi connectivity index (χ0) is 9.84. The Labute approximate surface area is 86.3 Å². The van der Waals surface area contributed by atoms with Crippen LogP contribution in [0.25, 0.3) is 0 Å². The molecule has 3 nitrogen and oxygen atoms in total. The molecule has 0 unspecified atom stereocenters. The first kappa shape index (κ1) is 10.3. The van der Waals surface area contributed by atoms with Crippen LogP contribution in [-0.4, -0.2) is 17.0 Å². The molecule has 0 bridgehead atoms. The fraction of sp³-hybridized carbons (Fsp3) is 0.444. The van der Waals surface area contributed by atoms with E-state index >= 15 is 0 Å². The number of carbonyl (C=O) groups excluding carboxylic acids is 1. The number of carbonyl (C=O) groups is 1. The number of aromatic nitrogens is 1. The van der Waals surface area contributed by atoms with E-state index < -0.39 is 0 Å². The third-order valence-electron chi connectivity index (χ3n) is 1.77. The second-order valence-corrected chi connectivity index (χ2v) is 3.60. The number of aryl methyl sites for hydroxylation is 1. The third-order valence-corrected chi connectivity index (χ3v) is 2.21. The molecule has 0 saturated heterocycles. The smallest absolute Gasteiger partial charge is 0.267 e. The van der Waals surface area contributed by atoms with Gasteiger partial charge >= 0.3 is 0 Å². The molecule has 1 aromatic heterocycles. The Morgan fingerprint density at radius 1 is 1.62 bits per heavy atom. The monoisotopic (exact) mass is 244 g/mol. The lowest BCUT2D eigenvalue weighted by Crippen LogP contribution is -2.25. The molecule has 1 rings (SSSR count). The highest BCUT2D eigenvalue weighted by Crippen LogP contribution is 2.14. The average Bonchev–Trinajstić information content (AvgIpc) is 2.47. The summed E-state index contributed by atoms with van der Waals surface area (Å²) in [5.74, 6) is -0.0185. The lowest BCUT2D eigenvalue weighted by Gasteiger charge is -2.04. The van der Waals surface area contributed by atoms with Crippen molar-refractivity contribution in [3.63, 3.8) is 0 Å². The van der Waals surface area contributed by atoms with E-state index in [0.717, 1.165) is 11.0 Å². The second-order valence-electron chi connectivity index (χ2n) is 2.69. The molecule has 0 aliphatic carbocycles. The third kappa shape index (κ3) is 2.34. The van der Waals surface area contributed by atoms with Gasteiger partial charge in [-0.15, -0.1) is 0 Å². The minimum atomic E-state index is -0.0185. The van der Waals surface area contributed by atoms with Gasteiger partial charge in [0.15, 0.2) is 0 Å². The molecule has 1 aromatic rings. The van der Waals surface area contributed by atoms with Gasteiger partial charge in [-0.05, 0) is 35.8 Å². The molecule has 0 radical (unpaired) electrons. The van der Waals surface area contributed by atoms with Gasteiger partial charge in [0, 0.05) is 23.8 Å². The Morgan fingerprint density at radius 3 is 2.85 bits per heavy atom. The summed E-state index contributed by atoms with van der Waals surface area (Å²) in [5, 5.41) is 2.77. The Bertz CT molecular complexity index is 307. The molecule has 0 aliphatic heterocycles. The van der Waals surface area contributed by atoms with E-state index in [4.69, 9.17) is 0 Å². The maximum atomic E-state index is 11.5. The van der Waals surface area contributed by atoms with E-state index in [2.05, 4.69) is 21.2 Å². The summed E-state index contributed by atoms with van der Waals surface area (Å²) in [6.07, 6.45) is 1.91. The van der Waals surface area contributed by atoms with Crippen LogP contribution in [0.2, 0.25) is 0 Å². The van der Waals surface area contributed by atoms with Crippen molar-refractivity contribution in [1.82, 2.24) is 9.88 Å². The van der Waals surface area contributed by atoms with Gasteiger partial charge in [-0.3, -0.25) is 4.79 Å². The first-order chi connectivity index (χ1) is 6.19. The zero-order valence-corrected chi connectivity index (χ0v) is 9.39. The van der Waals surface area contributed by atoms with E-state index in [-0.39, 0.29) is 5.91 Å². The topological polar surface area (TPSA) is 34.0 Å². The Morgan fingerprint density at radius 2 is 2.31 bits per heavy atom. The number of hydrogen-bond donors (Lipinski definition) is 1. The van der Waals surface area contributed by atoms with Crippen LogP contribution in [0, 0.1) is 0 Å². The maximum Gasteiger partial charge on any atom is 0.267 e. The fourth-order valence-electron chi connectivity index (χ4n) is 1.18. The predicted octanol–water partition coefficient (Wildman–Crippen LogP) is 2.02. The van der Waals surface area contributed by atoms with Crippen LogP contribution < -0.4 is 5.32 Å². The summed E-state index contributed by atoms with van der Waals surface area (Å²) >= 11 is 3.34. The van der Waals surface area contributed by atoms with Gasteiger partial charge in [0.2, 0.25) is 0 Å². The van der Waals surface area contributed by atoms with Gasteiger partial charge in [-0.2, -0.15) is 0 Å². The maximum absolute atomic E-state index is 11.5. The van der Waals surface area contributed by atoms with Crippen molar-refractivity contribution >= 4 is 21.8 Å². The molecule has 0 atom stereocenters. The molecule has 0 saturated carbocycles. The number of halogens is 1. The first-order valence-corrected chi connectivity index (χ1v) is 5.12. The fourth-order valence-corrected chi connectivity index (χ4v) is 1.64. The molecule has 0 fully saturated rings. The summed E-state index contributed by atoms with van der Waals surface area (Å²) < 4.78 is 2.85. The lowest BCUT2D eigenvalue weighted by molar-refractivity contribution is 0.0946. The summed E-state index contributed by atoms with van der Waals surface area (Å²) in [4.78, 5) is 11.5. The number of nitrogens with zero attached hydrogens (tertiary/aromatic N) is 1. The van der Waals surface area contributed by atoms with Crippen LogP contribution in [0.15, 0.2) is 16.7 Å². The summed E-state index contributed by atoms with van der Waals surface area (Å²) in [6, 6.07) is 1.83. The van der Waals surface area contributed by atoms with E-state index in [0.29, 0.717) is 12.2 Å². The molecule has 72 valence electrons. The molecule has 1 heterocycles. The van der Waals surface area contributed by atoms with Crippen molar-refractivity contribution in [2.75, 3.05) is 6.54 Å². The highest BCUT2D eigenvalue weighted by Gasteiger charge is 2.10. The van der Waals surface area contributed by atoms with Crippen LogP contribution >= 0.6 is 15.9 Å². The highest BCUT2D eigenvalue weighted by atomic mass is 79.9. The Kier molecular flexibility index (Phi) is 3.54. The average molecular weight is 245 g/mol. The number of amides is 1. The molecular formula is C9H13BrN2O. The van der Waals surface area contributed by atoms with Crippen molar-refractivity contribution in [3.8, 4) is 0 Å². The summed E-state index contributed by atoms with van der Waals surface area (Å²) in [6.45, 7) is 5.38. The van der Waals surface area contributed by atoms with Gasteiger partial charge in [-0.1, -0.05) is 0 Å². The van der Waals surface area contributed by atoms with Gasteiger partial charge in [0.1, 0.15) is 5.69 Å². The first-order valence-electron chi connectivity index (χ1n) is 4.32. The highest BCUT2D eigenvalue weighted by molar-refractivity contribution is 9.10. The quantitative estimate of drug-likeness (QED) is 0.868.